The van der Waals surface area contributed by atoms with Crippen molar-refractivity contribution in [1.82, 2.24) is 15.5 Å². The quantitative estimate of drug-likeness (QED) is 0.694. The van der Waals surface area contributed by atoms with Crippen molar-refractivity contribution >= 4 is 5.91 Å². The zero-order valence-electron chi connectivity index (χ0n) is 10.0. The molecule has 4 nitrogen and oxygen atoms in total. The number of carbonyl (C=O) groups is 1. The minimum Gasteiger partial charge on any atom is -0.352 e. The van der Waals surface area contributed by atoms with E-state index in [4.69, 9.17) is 0 Å². The van der Waals surface area contributed by atoms with Crippen molar-refractivity contribution in [3.63, 3.8) is 0 Å². The summed E-state index contributed by atoms with van der Waals surface area (Å²) in [4.78, 5) is 14.0. The van der Waals surface area contributed by atoms with Crippen LogP contribution in [0.2, 0.25) is 0 Å². The zero-order valence-corrected chi connectivity index (χ0v) is 10.0. The first-order chi connectivity index (χ1) is 7.13. The molecule has 0 radical (unpaired) electrons. The normalized spacial score (nSPS) is 24.9. The molecule has 0 aromatic heterocycles. The topological polar surface area (TPSA) is 44.4 Å². The Labute approximate surface area is 92.4 Å². The van der Waals surface area contributed by atoms with Gasteiger partial charge in [-0.2, -0.15) is 0 Å². The van der Waals surface area contributed by atoms with Crippen molar-refractivity contribution in [1.29, 1.82) is 0 Å². The van der Waals surface area contributed by atoms with Crippen molar-refractivity contribution in [2.24, 2.45) is 5.92 Å². The summed E-state index contributed by atoms with van der Waals surface area (Å²) in [7, 11) is 3.98. The Morgan fingerprint density at radius 2 is 2.33 bits per heavy atom. The van der Waals surface area contributed by atoms with Crippen LogP contribution in [0.4, 0.5) is 0 Å². The van der Waals surface area contributed by atoms with Crippen LogP contribution in [0, 0.1) is 5.92 Å². The Kier molecular flexibility index (Phi) is 5.05. The van der Waals surface area contributed by atoms with Crippen LogP contribution in [0.25, 0.3) is 0 Å². The molecule has 1 rings (SSSR count). The van der Waals surface area contributed by atoms with Crippen molar-refractivity contribution in [3.05, 3.63) is 0 Å². The highest BCUT2D eigenvalue weighted by Gasteiger charge is 2.21. The fraction of sp³-hybridized carbons (Fsp3) is 0.909. The molecule has 1 saturated heterocycles. The van der Waals surface area contributed by atoms with Crippen LogP contribution in [0.1, 0.15) is 19.8 Å². The number of nitrogens with zero attached hydrogens (tertiary/aromatic N) is 1. The van der Waals surface area contributed by atoms with Crippen molar-refractivity contribution < 1.29 is 4.79 Å². The number of amides is 1. The third-order valence-electron chi connectivity index (χ3n) is 2.93. The molecule has 0 aliphatic carbocycles. The molecule has 0 aromatic carbocycles. The molecule has 1 aliphatic rings. The van der Waals surface area contributed by atoms with Crippen molar-refractivity contribution in [3.8, 4) is 0 Å². The Bertz CT molecular complexity index is 208. The van der Waals surface area contributed by atoms with Gasteiger partial charge < -0.3 is 15.5 Å². The van der Waals surface area contributed by atoms with Crippen LogP contribution >= 0.6 is 0 Å². The van der Waals surface area contributed by atoms with Gasteiger partial charge in [0, 0.05) is 25.0 Å². The Hall–Kier alpha value is -0.610. The third-order valence-corrected chi connectivity index (χ3v) is 2.93. The molecule has 88 valence electrons. The van der Waals surface area contributed by atoms with E-state index < -0.39 is 0 Å². The van der Waals surface area contributed by atoms with Gasteiger partial charge in [-0.25, -0.2) is 0 Å². The Morgan fingerprint density at radius 1 is 1.60 bits per heavy atom. The molecule has 1 amide bonds. The van der Waals surface area contributed by atoms with E-state index in [0.29, 0.717) is 6.04 Å². The summed E-state index contributed by atoms with van der Waals surface area (Å²) in [5, 5.41) is 6.14. The second-order valence-corrected chi connectivity index (χ2v) is 4.57. The molecular formula is C11H23N3O. The van der Waals surface area contributed by atoms with Crippen molar-refractivity contribution in [2.75, 3.05) is 33.7 Å². The van der Waals surface area contributed by atoms with E-state index in [-0.39, 0.29) is 11.8 Å². The van der Waals surface area contributed by atoms with E-state index in [9.17, 15) is 4.79 Å². The number of hydrogen-bond acceptors (Lipinski definition) is 3. The highest BCUT2D eigenvalue weighted by Crippen LogP contribution is 2.08. The molecule has 0 aromatic rings. The van der Waals surface area contributed by atoms with Crippen LogP contribution < -0.4 is 10.6 Å². The summed E-state index contributed by atoms with van der Waals surface area (Å²) in [5.41, 5.74) is 0. The van der Waals surface area contributed by atoms with Gasteiger partial charge in [0.25, 0.3) is 0 Å². The molecule has 0 bridgehead atoms. The first-order valence-electron chi connectivity index (χ1n) is 5.77. The predicted octanol–water partition coefficient (Wildman–Crippen LogP) is 0.0523. The molecule has 2 N–H and O–H groups in total. The summed E-state index contributed by atoms with van der Waals surface area (Å²) in [6.07, 6.45) is 2.30. The average Bonchev–Trinajstić information content (AvgIpc) is 2.18. The molecule has 0 spiro atoms. The van der Waals surface area contributed by atoms with Crippen molar-refractivity contribution in [2.45, 2.75) is 25.8 Å². The maximum Gasteiger partial charge on any atom is 0.224 e. The lowest BCUT2D eigenvalue weighted by Gasteiger charge is -2.30. The van der Waals surface area contributed by atoms with E-state index in [2.05, 4.69) is 22.6 Å². The molecule has 1 aliphatic heterocycles. The average molecular weight is 213 g/mol. The Balaban J connectivity index is 2.30. The summed E-state index contributed by atoms with van der Waals surface area (Å²) in [6, 6.07) is 0.343. The highest BCUT2D eigenvalue weighted by atomic mass is 16.1. The van der Waals surface area contributed by atoms with Crippen LogP contribution in [0.15, 0.2) is 0 Å². The summed E-state index contributed by atoms with van der Waals surface area (Å²) >= 11 is 0. The predicted molar refractivity (Wildman–Crippen MR) is 61.8 cm³/mol. The van der Waals surface area contributed by atoms with E-state index in [1.165, 1.54) is 6.42 Å². The molecule has 4 heteroatoms. The lowest BCUT2D eigenvalue weighted by Crippen LogP contribution is -2.48. The van der Waals surface area contributed by atoms with Gasteiger partial charge in [-0.15, -0.1) is 0 Å². The summed E-state index contributed by atoms with van der Waals surface area (Å²) in [5.74, 6) is 0.229. The van der Waals surface area contributed by atoms with E-state index >= 15 is 0 Å². The molecular weight excluding hydrogens is 190 g/mol. The minimum absolute atomic E-state index is 0.0576. The van der Waals surface area contributed by atoms with E-state index in [0.717, 1.165) is 26.1 Å². The van der Waals surface area contributed by atoms with Gasteiger partial charge in [-0.1, -0.05) is 6.92 Å². The first-order valence-corrected chi connectivity index (χ1v) is 5.77. The van der Waals surface area contributed by atoms with Crippen LogP contribution in [0.5, 0.6) is 0 Å². The molecule has 0 saturated carbocycles. The molecule has 1 fully saturated rings. The van der Waals surface area contributed by atoms with Gasteiger partial charge in [0.1, 0.15) is 0 Å². The molecule has 1 heterocycles. The van der Waals surface area contributed by atoms with Gasteiger partial charge in [0.15, 0.2) is 0 Å². The lowest BCUT2D eigenvalue weighted by atomic mass is 10.0. The standard InChI is InChI=1S/C11H23N3O/c1-9(7-12-2)11(15)13-10-5-4-6-14(3)8-10/h9-10,12H,4-8H2,1-3H3,(H,13,15). The smallest absolute Gasteiger partial charge is 0.224 e. The maximum atomic E-state index is 11.7. The zero-order chi connectivity index (χ0) is 11.3. The monoisotopic (exact) mass is 213 g/mol. The fourth-order valence-electron chi connectivity index (χ4n) is 2.03. The van der Waals surface area contributed by atoms with Gasteiger partial charge >= 0.3 is 0 Å². The fourth-order valence-corrected chi connectivity index (χ4v) is 2.03. The molecule has 2 unspecified atom stereocenters. The first kappa shape index (κ1) is 12.5. The van der Waals surface area contributed by atoms with Crippen LogP contribution in [-0.4, -0.2) is 50.6 Å². The largest absolute Gasteiger partial charge is 0.352 e. The number of piperidine rings is 1. The van der Waals surface area contributed by atoms with Crippen LogP contribution in [-0.2, 0) is 4.79 Å². The Morgan fingerprint density at radius 3 is 2.93 bits per heavy atom. The highest BCUT2D eigenvalue weighted by molar-refractivity contribution is 5.78. The van der Waals surface area contributed by atoms with Gasteiger partial charge in [0.2, 0.25) is 5.91 Å². The maximum absolute atomic E-state index is 11.7. The number of likely N-dealkylation sites (N-methyl/N-ethyl adjacent to an activating group) is 1. The molecule has 15 heavy (non-hydrogen) atoms. The van der Waals surface area contributed by atoms with Gasteiger partial charge in [-0.3, -0.25) is 4.79 Å². The van der Waals surface area contributed by atoms with Gasteiger partial charge in [0.05, 0.1) is 0 Å². The number of nitrogens with one attached hydrogen (secondary N) is 2. The number of carbonyl (C=O) groups excluding carboxylic acids is 1. The third kappa shape index (κ3) is 4.18. The van der Waals surface area contributed by atoms with Gasteiger partial charge in [-0.05, 0) is 33.5 Å². The van der Waals surface area contributed by atoms with E-state index in [1.807, 2.05) is 14.0 Å². The number of hydrogen-bond donors (Lipinski definition) is 2. The second-order valence-electron chi connectivity index (χ2n) is 4.57. The second kappa shape index (κ2) is 6.08. The summed E-state index contributed by atoms with van der Waals surface area (Å²) < 4.78 is 0. The van der Waals surface area contributed by atoms with E-state index in [1.54, 1.807) is 0 Å². The summed E-state index contributed by atoms with van der Waals surface area (Å²) in [6.45, 7) is 4.84. The molecule has 2 atom stereocenters. The van der Waals surface area contributed by atoms with Crippen LogP contribution in [0.3, 0.4) is 0 Å². The minimum atomic E-state index is 0.0576. The number of rotatable bonds is 4. The number of likely N-dealkylation sites (tertiary alicyclic amines) is 1. The SMILES string of the molecule is CNCC(C)C(=O)NC1CCCN(C)C1. The lowest BCUT2D eigenvalue weighted by molar-refractivity contribution is -0.125.